The van der Waals surface area contributed by atoms with Gasteiger partial charge in [-0.2, -0.15) is 0 Å². The van der Waals surface area contributed by atoms with Crippen LogP contribution in [0.25, 0.3) is 16.8 Å². The molecular formula is C25H24N8O. The number of benzene rings is 1. The van der Waals surface area contributed by atoms with Crippen LogP contribution in [-0.2, 0) is 0 Å². The lowest BCUT2D eigenvalue weighted by atomic mass is 10.1. The number of carbonyl (C=O) groups is 1. The van der Waals surface area contributed by atoms with Gasteiger partial charge in [0.05, 0.1) is 12.1 Å². The standard InChI is InChI=1S/C25H24N8O/c26-23-22-21(16-6-8-17(9-7-16)25(34)30-20-5-1-2-10-27-20)31-24(33(22)13-11-28-23)19-4-3-12-32(19)15-18-14-29-18/h1-2,5-11,13-14,18-19H,3-4,12,15H2,(H2,26,28)(H,27,30,34). The normalized spacial score (nSPS) is 19.5. The third kappa shape index (κ3) is 3.80. The van der Waals surface area contributed by atoms with Gasteiger partial charge in [0.1, 0.15) is 28.7 Å². The summed E-state index contributed by atoms with van der Waals surface area (Å²) in [6.07, 6.45) is 9.45. The number of amides is 1. The lowest BCUT2D eigenvalue weighted by molar-refractivity contribution is 0.102. The van der Waals surface area contributed by atoms with Gasteiger partial charge in [-0.25, -0.2) is 15.0 Å². The summed E-state index contributed by atoms with van der Waals surface area (Å²) < 4.78 is 2.07. The minimum absolute atomic E-state index is 0.204. The summed E-state index contributed by atoms with van der Waals surface area (Å²) in [5.41, 5.74) is 9.30. The predicted octanol–water partition coefficient (Wildman–Crippen LogP) is 3.22. The molecule has 1 amide bonds. The number of pyridine rings is 1. The average molecular weight is 453 g/mol. The van der Waals surface area contributed by atoms with Crippen LogP contribution in [0, 0.1) is 0 Å². The SMILES string of the molecule is Nc1nccn2c(C3CCCN3CC3C=N3)nc(-c3ccc(C(=O)Nc4ccccn4)cc3)c12. The zero-order chi connectivity index (χ0) is 23.1. The Kier molecular flexibility index (Phi) is 5.03. The van der Waals surface area contributed by atoms with Crippen molar-refractivity contribution in [2.24, 2.45) is 4.99 Å². The summed E-state index contributed by atoms with van der Waals surface area (Å²) in [4.78, 5) is 32.9. The van der Waals surface area contributed by atoms with Crippen LogP contribution in [0.5, 0.6) is 0 Å². The summed E-state index contributed by atoms with van der Waals surface area (Å²) in [5, 5.41) is 2.81. The van der Waals surface area contributed by atoms with Gasteiger partial charge in [0, 0.05) is 42.5 Å². The van der Waals surface area contributed by atoms with E-state index >= 15 is 0 Å². The number of anilines is 2. The largest absolute Gasteiger partial charge is 0.382 e. The first-order chi connectivity index (χ1) is 16.7. The number of nitrogens with two attached hydrogens (primary N) is 1. The molecule has 170 valence electrons. The van der Waals surface area contributed by atoms with Crippen LogP contribution in [0.3, 0.4) is 0 Å². The molecule has 5 heterocycles. The van der Waals surface area contributed by atoms with E-state index in [1.807, 2.05) is 30.6 Å². The quantitative estimate of drug-likeness (QED) is 0.464. The number of hydrogen-bond acceptors (Lipinski definition) is 7. The zero-order valence-corrected chi connectivity index (χ0v) is 18.5. The number of nitrogens with zero attached hydrogens (tertiary/aromatic N) is 6. The first-order valence-electron chi connectivity index (χ1n) is 11.4. The topological polar surface area (TPSA) is 114 Å². The molecule has 1 aromatic carbocycles. The molecule has 3 aromatic heterocycles. The first kappa shape index (κ1) is 20.5. The molecule has 0 radical (unpaired) electrons. The van der Waals surface area contributed by atoms with Crippen molar-refractivity contribution < 1.29 is 4.79 Å². The zero-order valence-electron chi connectivity index (χ0n) is 18.5. The number of nitrogens with one attached hydrogen (secondary N) is 1. The van der Waals surface area contributed by atoms with Crippen LogP contribution >= 0.6 is 0 Å². The van der Waals surface area contributed by atoms with E-state index in [1.54, 1.807) is 36.7 Å². The fourth-order valence-electron chi connectivity index (χ4n) is 4.66. The van der Waals surface area contributed by atoms with Crippen molar-refractivity contribution in [3.05, 3.63) is 72.4 Å². The Balaban J connectivity index is 1.33. The first-order valence-corrected chi connectivity index (χ1v) is 11.4. The number of carbonyl (C=O) groups excluding carboxylic acids is 1. The van der Waals surface area contributed by atoms with Crippen molar-refractivity contribution in [1.82, 2.24) is 24.3 Å². The van der Waals surface area contributed by atoms with Gasteiger partial charge in [-0.15, -0.1) is 0 Å². The fourth-order valence-corrected chi connectivity index (χ4v) is 4.66. The van der Waals surface area contributed by atoms with Crippen LogP contribution in [-0.4, -0.2) is 55.5 Å². The Morgan fingerprint density at radius 3 is 2.74 bits per heavy atom. The fraction of sp³-hybridized carbons (Fsp3) is 0.240. The van der Waals surface area contributed by atoms with E-state index < -0.39 is 0 Å². The third-order valence-corrected chi connectivity index (χ3v) is 6.38. The highest BCUT2D eigenvalue weighted by Crippen LogP contribution is 2.36. The summed E-state index contributed by atoms with van der Waals surface area (Å²) in [6.45, 7) is 1.96. The van der Waals surface area contributed by atoms with Crippen LogP contribution < -0.4 is 11.1 Å². The van der Waals surface area contributed by atoms with Crippen molar-refractivity contribution in [3.63, 3.8) is 0 Å². The van der Waals surface area contributed by atoms with Crippen molar-refractivity contribution in [1.29, 1.82) is 0 Å². The molecule has 4 aromatic rings. The van der Waals surface area contributed by atoms with E-state index in [1.165, 1.54) is 0 Å². The molecule has 0 saturated carbocycles. The van der Waals surface area contributed by atoms with Crippen LogP contribution in [0.4, 0.5) is 11.6 Å². The smallest absolute Gasteiger partial charge is 0.256 e. The van der Waals surface area contributed by atoms with E-state index in [2.05, 4.69) is 29.6 Å². The molecule has 0 spiro atoms. The Morgan fingerprint density at radius 2 is 1.97 bits per heavy atom. The molecule has 1 saturated heterocycles. The third-order valence-electron chi connectivity index (χ3n) is 6.38. The number of aromatic nitrogens is 4. The monoisotopic (exact) mass is 452 g/mol. The molecule has 34 heavy (non-hydrogen) atoms. The molecule has 2 aliphatic heterocycles. The van der Waals surface area contributed by atoms with E-state index in [4.69, 9.17) is 10.7 Å². The lowest BCUT2D eigenvalue weighted by Crippen LogP contribution is -2.29. The highest BCUT2D eigenvalue weighted by Gasteiger charge is 2.33. The molecule has 2 atom stereocenters. The Morgan fingerprint density at radius 1 is 1.12 bits per heavy atom. The Labute approximate surface area is 196 Å². The second-order valence-corrected chi connectivity index (χ2v) is 8.61. The molecule has 2 aliphatic rings. The van der Waals surface area contributed by atoms with E-state index in [0.29, 0.717) is 23.2 Å². The average Bonchev–Trinajstić information content (AvgIpc) is 3.41. The number of rotatable bonds is 6. The molecule has 6 rings (SSSR count). The maximum absolute atomic E-state index is 12.6. The van der Waals surface area contributed by atoms with Crippen molar-refractivity contribution in [3.8, 4) is 11.3 Å². The highest BCUT2D eigenvalue weighted by atomic mass is 16.1. The lowest BCUT2D eigenvalue weighted by Gasteiger charge is -2.22. The van der Waals surface area contributed by atoms with Gasteiger partial charge in [-0.3, -0.25) is 19.1 Å². The number of hydrogen-bond donors (Lipinski definition) is 2. The van der Waals surface area contributed by atoms with Gasteiger partial charge in [0.2, 0.25) is 0 Å². The van der Waals surface area contributed by atoms with Crippen LogP contribution in [0.2, 0.25) is 0 Å². The van der Waals surface area contributed by atoms with Crippen molar-refractivity contribution >= 4 is 29.3 Å². The van der Waals surface area contributed by atoms with Gasteiger partial charge in [-0.05, 0) is 43.7 Å². The van der Waals surface area contributed by atoms with Gasteiger partial charge in [-0.1, -0.05) is 18.2 Å². The summed E-state index contributed by atoms with van der Waals surface area (Å²) in [5.74, 6) is 1.70. The van der Waals surface area contributed by atoms with Gasteiger partial charge in [0.15, 0.2) is 0 Å². The Hall–Kier alpha value is -4.11. The summed E-state index contributed by atoms with van der Waals surface area (Å²) in [6, 6.07) is 13.3. The maximum Gasteiger partial charge on any atom is 0.256 e. The summed E-state index contributed by atoms with van der Waals surface area (Å²) in [7, 11) is 0. The minimum atomic E-state index is -0.217. The molecule has 1 fully saturated rings. The minimum Gasteiger partial charge on any atom is -0.382 e. The molecule has 9 nitrogen and oxygen atoms in total. The van der Waals surface area contributed by atoms with Gasteiger partial charge < -0.3 is 11.1 Å². The van der Waals surface area contributed by atoms with Crippen molar-refractivity contribution in [2.45, 2.75) is 24.9 Å². The van der Waals surface area contributed by atoms with Gasteiger partial charge >= 0.3 is 0 Å². The molecule has 0 aliphatic carbocycles. The summed E-state index contributed by atoms with van der Waals surface area (Å²) >= 11 is 0. The van der Waals surface area contributed by atoms with Crippen molar-refractivity contribution in [2.75, 3.05) is 24.1 Å². The second kappa shape index (κ2) is 8.35. The molecular weight excluding hydrogens is 428 g/mol. The van der Waals surface area contributed by atoms with Gasteiger partial charge in [0.25, 0.3) is 5.91 Å². The number of nitrogen functional groups attached to an aromatic ring is 1. The van der Waals surface area contributed by atoms with E-state index in [9.17, 15) is 4.79 Å². The highest BCUT2D eigenvalue weighted by molar-refractivity contribution is 6.04. The molecule has 3 N–H and O–H groups in total. The number of likely N-dealkylation sites (tertiary alicyclic amines) is 1. The maximum atomic E-state index is 12.6. The van der Waals surface area contributed by atoms with Crippen LogP contribution in [0.15, 0.2) is 66.0 Å². The molecule has 9 heteroatoms. The van der Waals surface area contributed by atoms with E-state index in [0.717, 1.165) is 48.5 Å². The molecule has 2 unspecified atom stereocenters. The number of aliphatic imine (C=N–C) groups is 1. The van der Waals surface area contributed by atoms with Crippen LogP contribution in [0.1, 0.15) is 35.1 Å². The Bertz CT molecular complexity index is 1370. The predicted molar refractivity (Wildman–Crippen MR) is 131 cm³/mol. The number of fused-ring (bicyclic) bond motifs is 1. The number of imidazole rings is 1. The second-order valence-electron chi connectivity index (χ2n) is 8.61. The van der Waals surface area contributed by atoms with E-state index in [-0.39, 0.29) is 11.9 Å². The molecule has 0 bridgehead atoms.